The second-order valence-electron chi connectivity index (χ2n) is 6.39. The molecule has 0 saturated heterocycles. The van der Waals surface area contributed by atoms with E-state index in [-0.39, 0.29) is 13.2 Å². The van der Waals surface area contributed by atoms with Gasteiger partial charge in [0, 0.05) is 15.4 Å². The van der Waals surface area contributed by atoms with Gasteiger partial charge in [-0.3, -0.25) is 0 Å². The molecule has 2 rings (SSSR count). The third-order valence-electron chi connectivity index (χ3n) is 4.31. The van der Waals surface area contributed by atoms with Gasteiger partial charge in [0.25, 0.3) is 0 Å². The van der Waals surface area contributed by atoms with Gasteiger partial charge in [0.05, 0.1) is 25.0 Å². The first-order valence-electron chi connectivity index (χ1n) is 8.85. The summed E-state index contributed by atoms with van der Waals surface area (Å²) in [6, 6.07) is 16.4. The van der Waals surface area contributed by atoms with Crippen LogP contribution in [0, 0.1) is 0 Å². The molecular weight excluding hydrogens is 358 g/mol. The molecule has 0 radical (unpaired) electrons. The number of aliphatic hydroxyl groups excluding tert-OH is 2. The molecule has 0 aliphatic heterocycles. The number of aryl methyl sites for hydroxylation is 1. The third-order valence-corrected chi connectivity index (χ3v) is 5.33. The molecule has 0 fully saturated rings. The molecule has 0 unspecified atom stereocenters. The first-order valence-corrected chi connectivity index (χ1v) is 9.67. The molecule has 2 aromatic carbocycles. The minimum absolute atomic E-state index is 0.222. The maximum absolute atomic E-state index is 9.27. The number of hydrogen-bond acceptors (Lipinski definition) is 5. The fourth-order valence-electron chi connectivity index (χ4n) is 2.54. The van der Waals surface area contributed by atoms with E-state index in [9.17, 15) is 10.2 Å². The quantitative estimate of drug-likeness (QED) is 0.540. The largest absolute Gasteiger partial charge is 0.465 e. The lowest BCUT2D eigenvalue weighted by Crippen LogP contribution is -2.47. The smallest absolute Gasteiger partial charge is 0.129 e. The van der Waals surface area contributed by atoms with Crippen LogP contribution in [0.3, 0.4) is 0 Å². The van der Waals surface area contributed by atoms with Crippen molar-refractivity contribution in [3.8, 4) is 0 Å². The Balaban J connectivity index is 1.97. The Morgan fingerprint density at radius 3 is 2.11 bits per heavy atom. The lowest BCUT2D eigenvalue weighted by molar-refractivity contribution is 0.115. The Morgan fingerprint density at radius 1 is 1.07 bits per heavy atom. The Morgan fingerprint density at radius 2 is 1.63 bits per heavy atom. The molecule has 0 spiro atoms. The normalized spacial score (nSPS) is 12.1. The molecule has 0 heterocycles. The molecule has 0 amide bonds. The molecule has 4 N–H and O–H groups in total. The molecule has 27 heavy (non-hydrogen) atoms. The Kier molecular flexibility index (Phi) is 8.13. The SMILES string of the molecule is C=CO/C(=C\C)c1ccc(Sc2ccc(CCC(N)(CO)CO)cc2)cc1. The maximum atomic E-state index is 9.27. The van der Waals surface area contributed by atoms with Crippen molar-refractivity contribution in [1.82, 2.24) is 0 Å². The standard InChI is InChI=1S/C22H27NO3S/c1-3-21(26-4-2)18-7-11-20(12-8-18)27-19-9-5-17(6-10-19)13-14-22(23,15-24)16-25/h3-12,24-25H,2,13-16,23H2,1H3/b21-3-. The number of rotatable bonds is 10. The molecule has 144 valence electrons. The molecule has 0 aromatic heterocycles. The number of nitrogens with two attached hydrogens (primary N) is 1. The molecule has 0 aliphatic carbocycles. The van der Waals surface area contributed by atoms with Crippen LogP contribution in [-0.4, -0.2) is 29.0 Å². The van der Waals surface area contributed by atoms with Crippen LogP contribution in [0.1, 0.15) is 24.5 Å². The number of ether oxygens (including phenoxy) is 1. The monoisotopic (exact) mass is 385 g/mol. The van der Waals surface area contributed by atoms with Crippen LogP contribution in [0.2, 0.25) is 0 Å². The zero-order valence-corrected chi connectivity index (χ0v) is 16.4. The van der Waals surface area contributed by atoms with E-state index in [0.717, 1.165) is 26.7 Å². The first kappa shape index (κ1) is 21.3. The van der Waals surface area contributed by atoms with Crippen LogP contribution in [0.4, 0.5) is 0 Å². The van der Waals surface area contributed by atoms with Crippen LogP contribution < -0.4 is 5.73 Å². The van der Waals surface area contributed by atoms with Crippen LogP contribution in [0.15, 0.2) is 77.2 Å². The zero-order valence-electron chi connectivity index (χ0n) is 15.6. The predicted molar refractivity (Wildman–Crippen MR) is 111 cm³/mol. The number of allylic oxidation sites excluding steroid dienone is 1. The van der Waals surface area contributed by atoms with Gasteiger partial charge in [0.2, 0.25) is 0 Å². The molecular formula is C22H27NO3S. The van der Waals surface area contributed by atoms with Gasteiger partial charge in [-0.15, -0.1) is 0 Å². The average molecular weight is 386 g/mol. The van der Waals surface area contributed by atoms with Crippen molar-refractivity contribution in [3.63, 3.8) is 0 Å². The van der Waals surface area contributed by atoms with Crippen LogP contribution in [0.5, 0.6) is 0 Å². The summed E-state index contributed by atoms with van der Waals surface area (Å²) in [5, 5.41) is 18.5. The summed E-state index contributed by atoms with van der Waals surface area (Å²) >= 11 is 1.69. The average Bonchev–Trinajstić information content (AvgIpc) is 2.72. The van der Waals surface area contributed by atoms with Crippen molar-refractivity contribution in [2.24, 2.45) is 5.73 Å². The van der Waals surface area contributed by atoms with Crippen molar-refractivity contribution in [1.29, 1.82) is 0 Å². The fourth-order valence-corrected chi connectivity index (χ4v) is 3.36. The minimum atomic E-state index is -0.920. The molecule has 0 atom stereocenters. The first-order chi connectivity index (χ1) is 13.0. The van der Waals surface area contributed by atoms with E-state index >= 15 is 0 Å². The summed E-state index contributed by atoms with van der Waals surface area (Å²) < 4.78 is 5.39. The van der Waals surface area contributed by atoms with E-state index in [4.69, 9.17) is 10.5 Å². The van der Waals surface area contributed by atoms with E-state index in [1.54, 1.807) is 11.8 Å². The Labute approximate surface area is 165 Å². The van der Waals surface area contributed by atoms with Gasteiger partial charge in [-0.05, 0) is 55.7 Å². The summed E-state index contributed by atoms with van der Waals surface area (Å²) in [7, 11) is 0. The van der Waals surface area contributed by atoms with Crippen molar-refractivity contribution in [2.75, 3.05) is 13.2 Å². The molecule has 0 aliphatic rings. The summed E-state index contributed by atoms with van der Waals surface area (Å²) in [5.74, 6) is 0.785. The summed E-state index contributed by atoms with van der Waals surface area (Å²) in [6.45, 7) is 5.08. The number of benzene rings is 2. The van der Waals surface area contributed by atoms with Gasteiger partial charge in [-0.2, -0.15) is 0 Å². The predicted octanol–water partition coefficient (Wildman–Crippen LogP) is 3.97. The van der Waals surface area contributed by atoms with Gasteiger partial charge in [-0.1, -0.05) is 42.6 Å². The highest BCUT2D eigenvalue weighted by Gasteiger charge is 2.22. The molecule has 2 aromatic rings. The van der Waals surface area contributed by atoms with Crippen molar-refractivity contribution >= 4 is 17.5 Å². The second-order valence-corrected chi connectivity index (χ2v) is 7.53. The van der Waals surface area contributed by atoms with Gasteiger partial charge in [-0.25, -0.2) is 0 Å². The van der Waals surface area contributed by atoms with Crippen molar-refractivity contribution in [3.05, 3.63) is 78.6 Å². The van der Waals surface area contributed by atoms with Gasteiger partial charge >= 0.3 is 0 Å². The van der Waals surface area contributed by atoms with E-state index in [1.165, 1.54) is 6.26 Å². The zero-order chi connectivity index (χ0) is 19.7. The fraction of sp³-hybridized carbons (Fsp3) is 0.273. The van der Waals surface area contributed by atoms with Crippen LogP contribution in [-0.2, 0) is 11.2 Å². The summed E-state index contributed by atoms with van der Waals surface area (Å²) in [6.07, 6.45) is 4.59. The van der Waals surface area contributed by atoms with E-state index in [2.05, 4.69) is 43.0 Å². The lowest BCUT2D eigenvalue weighted by Gasteiger charge is -2.24. The van der Waals surface area contributed by atoms with Gasteiger partial charge < -0.3 is 20.7 Å². The van der Waals surface area contributed by atoms with Crippen molar-refractivity contribution in [2.45, 2.75) is 35.1 Å². The number of hydrogen-bond donors (Lipinski definition) is 3. The van der Waals surface area contributed by atoms with E-state index in [1.807, 2.05) is 25.1 Å². The minimum Gasteiger partial charge on any atom is -0.465 e. The van der Waals surface area contributed by atoms with E-state index < -0.39 is 5.54 Å². The third kappa shape index (κ3) is 6.26. The van der Waals surface area contributed by atoms with Crippen LogP contribution >= 0.6 is 11.8 Å². The second kappa shape index (κ2) is 10.3. The number of aliphatic hydroxyl groups is 2. The molecule has 0 saturated carbocycles. The Bertz CT molecular complexity index is 750. The highest BCUT2D eigenvalue weighted by atomic mass is 32.2. The highest BCUT2D eigenvalue weighted by molar-refractivity contribution is 7.99. The summed E-state index contributed by atoms with van der Waals surface area (Å²) in [4.78, 5) is 2.28. The lowest BCUT2D eigenvalue weighted by atomic mass is 9.94. The maximum Gasteiger partial charge on any atom is 0.129 e. The molecule has 0 bridgehead atoms. The Hall–Kier alpha value is -2.05. The highest BCUT2D eigenvalue weighted by Crippen LogP contribution is 2.29. The van der Waals surface area contributed by atoms with E-state index in [0.29, 0.717) is 12.8 Å². The topological polar surface area (TPSA) is 75.7 Å². The van der Waals surface area contributed by atoms with Crippen LogP contribution in [0.25, 0.3) is 5.76 Å². The molecule has 4 nitrogen and oxygen atoms in total. The van der Waals surface area contributed by atoms with Crippen molar-refractivity contribution < 1.29 is 14.9 Å². The molecule has 5 heteroatoms. The van der Waals surface area contributed by atoms with Gasteiger partial charge in [0.1, 0.15) is 5.76 Å². The van der Waals surface area contributed by atoms with Gasteiger partial charge in [0.15, 0.2) is 0 Å². The summed E-state index contributed by atoms with van der Waals surface area (Å²) in [5.41, 5.74) is 7.14.